The van der Waals surface area contributed by atoms with E-state index in [9.17, 15) is 9.59 Å². The van der Waals surface area contributed by atoms with E-state index in [4.69, 9.17) is 11.6 Å². The third-order valence-corrected chi connectivity index (χ3v) is 10.6. The Morgan fingerprint density at radius 3 is 2.23 bits per heavy atom. The van der Waals surface area contributed by atoms with Crippen LogP contribution in [0.3, 0.4) is 0 Å². The maximum Gasteiger partial charge on any atom is 0.255 e. The van der Waals surface area contributed by atoms with Crippen molar-refractivity contribution >= 4 is 35.2 Å². The summed E-state index contributed by atoms with van der Waals surface area (Å²) >= 11 is 8.04. The molecule has 1 aromatic rings. The number of likely N-dealkylation sites (tertiary alicyclic amines) is 1. The molecule has 0 radical (unpaired) electrons. The van der Waals surface area contributed by atoms with Crippen LogP contribution >= 0.6 is 23.4 Å². The first-order valence-electron chi connectivity index (χ1n) is 12.0. The molecular weight excluding hydrogens is 428 g/mol. The highest BCUT2D eigenvalue weighted by Gasteiger charge is 2.56. The van der Waals surface area contributed by atoms with Gasteiger partial charge in [-0.05, 0) is 87.3 Å². The highest BCUT2D eigenvalue weighted by Crippen LogP contribution is 2.61. The Labute approximate surface area is 194 Å². The number of halogens is 1. The van der Waals surface area contributed by atoms with Crippen LogP contribution in [-0.4, -0.2) is 51.9 Å². The number of hydrogen-bond donors (Lipinski definition) is 0. The minimum atomic E-state index is -0.169. The van der Waals surface area contributed by atoms with Gasteiger partial charge in [-0.1, -0.05) is 17.7 Å². The number of thioether (sulfide) groups is 1. The lowest BCUT2D eigenvalue weighted by Gasteiger charge is -2.57. The molecular formula is C25H31ClN2O2S. The van der Waals surface area contributed by atoms with Crippen molar-refractivity contribution in [1.29, 1.82) is 0 Å². The van der Waals surface area contributed by atoms with Crippen LogP contribution in [0.1, 0.15) is 61.7 Å². The van der Waals surface area contributed by atoms with Crippen molar-refractivity contribution in [3.63, 3.8) is 0 Å². The van der Waals surface area contributed by atoms with Gasteiger partial charge in [-0.15, -0.1) is 11.8 Å². The Hall–Kier alpha value is -1.20. The fraction of sp³-hybridized carbons (Fsp3) is 0.680. The molecule has 6 aliphatic rings. The molecule has 2 aliphatic heterocycles. The molecule has 2 amide bonds. The molecule has 4 nitrogen and oxygen atoms in total. The largest absolute Gasteiger partial charge is 0.342 e. The summed E-state index contributed by atoms with van der Waals surface area (Å²) < 4.78 is 0. The first-order valence-corrected chi connectivity index (χ1v) is 13.3. The van der Waals surface area contributed by atoms with E-state index in [-0.39, 0.29) is 16.2 Å². The number of piperidine rings is 1. The maximum absolute atomic E-state index is 13.8. The number of hydrogen-bond acceptors (Lipinski definition) is 3. The summed E-state index contributed by atoms with van der Waals surface area (Å²) in [6.45, 7) is 2.35. The predicted octanol–water partition coefficient (Wildman–Crippen LogP) is 5.06. The Kier molecular flexibility index (Phi) is 4.88. The number of amides is 2. The quantitative estimate of drug-likeness (QED) is 0.621. The highest BCUT2D eigenvalue weighted by atomic mass is 35.5. The topological polar surface area (TPSA) is 40.6 Å². The Bertz CT molecular complexity index is 875. The van der Waals surface area contributed by atoms with E-state index >= 15 is 0 Å². The van der Waals surface area contributed by atoms with Gasteiger partial charge in [0.25, 0.3) is 5.91 Å². The van der Waals surface area contributed by atoms with Gasteiger partial charge in [0, 0.05) is 36.0 Å². The molecule has 166 valence electrons. The van der Waals surface area contributed by atoms with E-state index in [1.807, 2.05) is 23.9 Å². The monoisotopic (exact) mass is 458 g/mol. The third-order valence-electron chi connectivity index (χ3n) is 8.82. The van der Waals surface area contributed by atoms with Crippen LogP contribution in [0.25, 0.3) is 0 Å². The third kappa shape index (κ3) is 3.33. The Morgan fingerprint density at radius 2 is 1.61 bits per heavy atom. The summed E-state index contributed by atoms with van der Waals surface area (Å²) in [5.41, 5.74) is 0.611. The van der Waals surface area contributed by atoms with Crippen LogP contribution < -0.4 is 0 Å². The smallest absolute Gasteiger partial charge is 0.255 e. The summed E-state index contributed by atoms with van der Waals surface area (Å²) in [6.07, 6.45) is 9.26. The minimum absolute atomic E-state index is 0.0572. The zero-order chi connectivity index (χ0) is 21.2. The molecule has 0 unspecified atom stereocenters. The van der Waals surface area contributed by atoms with Crippen molar-refractivity contribution in [2.45, 2.75) is 56.2 Å². The number of nitrogens with zero attached hydrogens (tertiary/aromatic N) is 2. The van der Waals surface area contributed by atoms with Crippen molar-refractivity contribution < 1.29 is 9.59 Å². The molecule has 2 saturated heterocycles. The minimum Gasteiger partial charge on any atom is -0.342 e. The number of rotatable bonds is 2. The van der Waals surface area contributed by atoms with Gasteiger partial charge >= 0.3 is 0 Å². The van der Waals surface area contributed by atoms with Gasteiger partial charge < -0.3 is 9.80 Å². The lowest BCUT2D eigenvalue weighted by atomic mass is 9.49. The van der Waals surface area contributed by atoms with Gasteiger partial charge in [-0.2, -0.15) is 0 Å². The van der Waals surface area contributed by atoms with Crippen molar-refractivity contribution in [1.82, 2.24) is 9.80 Å². The zero-order valence-corrected chi connectivity index (χ0v) is 19.6. The van der Waals surface area contributed by atoms with Crippen LogP contribution in [0.5, 0.6) is 0 Å². The molecule has 1 spiro atoms. The van der Waals surface area contributed by atoms with Gasteiger partial charge in [0.1, 0.15) is 0 Å². The van der Waals surface area contributed by atoms with Gasteiger partial charge in [0.05, 0.1) is 10.3 Å². The van der Waals surface area contributed by atoms with E-state index < -0.39 is 0 Å². The van der Waals surface area contributed by atoms with Crippen LogP contribution in [-0.2, 0) is 4.79 Å². The molecule has 6 fully saturated rings. The average Bonchev–Trinajstić information content (AvgIpc) is 3.15. The molecule has 0 aromatic heterocycles. The van der Waals surface area contributed by atoms with Gasteiger partial charge in [0.15, 0.2) is 0 Å². The van der Waals surface area contributed by atoms with E-state index in [2.05, 4.69) is 9.80 Å². The molecule has 0 N–H and O–H groups in total. The standard InChI is InChI=1S/C25H31ClN2O2S/c26-21-3-1-2-20(13-21)22(29)28-8-9-31-25(28)4-6-27(7-5-25)23(30)24-14-17-10-18(15-24)12-19(11-17)16-24/h1-3,13,17-19H,4-12,14-16H2. The Morgan fingerprint density at radius 1 is 0.968 bits per heavy atom. The van der Waals surface area contributed by atoms with E-state index in [0.717, 1.165) is 75.2 Å². The summed E-state index contributed by atoms with van der Waals surface area (Å²) in [4.78, 5) is 31.1. The normalized spacial score (nSPS) is 35.7. The van der Waals surface area contributed by atoms with Crippen LogP contribution in [0.2, 0.25) is 5.02 Å². The van der Waals surface area contributed by atoms with Gasteiger partial charge in [0.2, 0.25) is 5.91 Å². The number of carbonyl (C=O) groups is 2. The van der Waals surface area contributed by atoms with E-state index in [0.29, 0.717) is 16.5 Å². The predicted molar refractivity (Wildman–Crippen MR) is 124 cm³/mol. The van der Waals surface area contributed by atoms with Gasteiger partial charge in [-0.25, -0.2) is 0 Å². The fourth-order valence-electron chi connectivity index (χ4n) is 7.85. The summed E-state index contributed by atoms with van der Waals surface area (Å²) in [6, 6.07) is 7.28. The second-order valence-corrected chi connectivity index (χ2v) is 12.6. The second kappa shape index (κ2) is 7.41. The summed E-state index contributed by atoms with van der Waals surface area (Å²) in [5, 5.41) is 0.600. The molecule has 31 heavy (non-hydrogen) atoms. The first-order chi connectivity index (χ1) is 15.0. The molecule has 1 aromatic carbocycles. The van der Waals surface area contributed by atoms with Crippen molar-refractivity contribution in [2.75, 3.05) is 25.4 Å². The molecule has 4 saturated carbocycles. The molecule has 4 aliphatic carbocycles. The van der Waals surface area contributed by atoms with E-state index in [1.165, 1.54) is 19.3 Å². The Balaban J connectivity index is 1.16. The number of benzene rings is 1. The molecule has 4 bridgehead atoms. The lowest BCUT2D eigenvalue weighted by molar-refractivity contribution is -0.159. The van der Waals surface area contributed by atoms with Crippen LogP contribution in [0.4, 0.5) is 0 Å². The van der Waals surface area contributed by atoms with Crippen LogP contribution in [0.15, 0.2) is 24.3 Å². The van der Waals surface area contributed by atoms with Crippen molar-refractivity contribution in [3.8, 4) is 0 Å². The lowest BCUT2D eigenvalue weighted by Crippen LogP contribution is -2.58. The molecule has 2 heterocycles. The summed E-state index contributed by atoms with van der Waals surface area (Å²) in [5.74, 6) is 3.87. The molecule has 7 rings (SSSR count). The van der Waals surface area contributed by atoms with Crippen molar-refractivity contribution in [3.05, 3.63) is 34.9 Å². The van der Waals surface area contributed by atoms with E-state index in [1.54, 1.807) is 12.1 Å². The first kappa shape index (κ1) is 20.4. The highest BCUT2D eigenvalue weighted by molar-refractivity contribution is 8.00. The fourth-order valence-corrected chi connectivity index (χ4v) is 9.50. The second-order valence-electron chi connectivity index (χ2n) is 10.8. The zero-order valence-electron chi connectivity index (χ0n) is 18.0. The van der Waals surface area contributed by atoms with Crippen molar-refractivity contribution in [2.24, 2.45) is 23.2 Å². The van der Waals surface area contributed by atoms with Crippen LogP contribution in [0, 0.1) is 23.2 Å². The molecule has 0 atom stereocenters. The summed E-state index contributed by atoms with van der Waals surface area (Å²) in [7, 11) is 0. The maximum atomic E-state index is 13.8. The average molecular weight is 459 g/mol. The van der Waals surface area contributed by atoms with Gasteiger partial charge in [-0.3, -0.25) is 9.59 Å². The number of carbonyl (C=O) groups excluding carboxylic acids is 2. The SMILES string of the molecule is O=C(c1cccc(Cl)c1)N1CCSC12CCN(C(=O)C13CC4CC(CC(C4)C1)C3)CC2. The molecule has 6 heteroatoms.